The van der Waals surface area contributed by atoms with E-state index in [9.17, 15) is 0 Å². The maximum atomic E-state index is 5.83. The highest BCUT2D eigenvalue weighted by Crippen LogP contribution is 2.19. The summed E-state index contributed by atoms with van der Waals surface area (Å²) in [6.07, 6.45) is 4.02. The maximum Gasteiger partial charge on any atom is 0.500 e. The summed E-state index contributed by atoms with van der Waals surface area (Å²) in [4.78, 5) is 9.12. The van der Waals surface area contributed by atoms with Crippen molar-refractivity contribution in [3.63, 3.8) is 0 Å². The number of aliphatic imine (C=N–C) groups is 2. The van der Waals surface area contributed by atoms with Crippen molar-refractivity contribution in [2.24, 2.45) is 15.9 Å². The van der Waals surface area contributed by atoms with Crippen LogP contribution >= 0.6 is 0 Å². The van der Waals surface area contributed by atoms with E-state index >= 15 is 0 Å². The second-order valence-electron chi connectivity index (χ2n) is 9.36. The topological polar surface area (TPSA) is 80.1 Å². The van der Waals surface area contributed by atoms with Gasteiger partial charge < -0.3 is 26.6 Å². The fourth-order valence-corrected chi connectivity index (χ4v) is 9.09. The maximum absolute atomic E-state index is 5.83. The van der Waals surface area contributed by atoms with Gasteiger partial charge in [0.1, 0.15) is 0 Å². The van der Waals surface area contributed by atoms with E-state index in [0.717, 1.165) is 50.9 Å². The third kappa shape index (κ3) is 20.4. The van der Waals surface area contributed by atoms with Gasteiger partial charge in [-0.25, -0.2) is 0 Å². The smallest absolute Gasteiger partial charge is 0.374 e. The van der Waals surface area contributed by atoms with Crippen molar-refractivity contribution in [2.45, 2.75) is 114 Å². The second kappa shape index (κ2) is 25.5. The zero-order valence-corrected chi connectivity index (χ0v) is 28.8. The van der Waals surface area contributed by atoms with Crippen LogP contribution in [-0.2, 0) is 26.6 Å². The van der Waals surface area contributed by atoms with Crippen molar-refractivity contribution >= 4 is 29.0 Å². The van der Waals surface area contributed by atoms with Crippen LogP contribution in [0.2, 0.25) is 12.1 Å². The fourth-order valence-electron chi connectivity index (χ4n) is 3.90. The van der Waals surface area contributed by atoms with E-state index < -0.39 is 17.6 Å². The Balaban J connectivity index is 0. The van der Waals surface area contributed by atoms with E-state index in [2.05, 4.69) is 44.6 Å². The van der Waals surface area contributed by atoms with E-state index in [1.165, 1.54) is 11.4 Å². The third-order valence-electron chi connectivity index (χ3n) is 5.45. The molecule has 8 nitrogen and oxygen atoms in total. The molecule has 0 radical (unpaired) electrons. The van der Waals surface area contributed by atoms with Crippen molar-refractivity contribution in [1.29, 1.82) is 0 Å². The van der Waals surface area contributed by atoms with Crippen LogP contribution in [0.4, 0.5) is 0 Å². The molecule has 0 fully saturated rings. The highest BCUT2D eigenvalue weighted by atomic mass is 28.4. The Kier molecular flexibility index (Phi) is 26.6. The standard InChI is InChI=1S/C15H33NO3Si.C13H29NO3Si/c1-7-17-20(18-8-2,19-9-3)12-10-11-16-15(6)13-14(4)5;1-6-13(5)14-11-10-12-18(15-7-2,16-8-3)17-9-4/h14H,7-13H2,1-6H3;6-12H2,1-5H3. The minimum atomic E-state index is -2.47. The molecule has 0 aromatic carbocycles. The van der Waals surface area contributed by atoms with Gasteiger partial charge in [-0.15, -0.1) is 0 Å². The lowest BCUT2D eigenvalue weighted by atomic mass is 10.1. The van der Waals surface area contributed by atoms with Gasteiger partial charge in [-0.05, 0) is 87.0 Å². The van der Waals surface area contributed by atoms with Gasteiger partial charge >= 0.3 is 17.6 Å². The van der Waals surface area contributed by atoms with Crippen molar-refractivity contribution in [1.82, 2.24) is 0 Å². The first-order chi connectivity index (χ1) is 18.1. The Bertz CT molecular complexity index is 572. The number of rotatable bonds is 23. The lowest BCUT2D eigenvalue weighted by Gasteiger charge is -2.28. The molecule has 0 atom stereocenters. The van der Waals surface area contributed by atoms with Gasteiger partial charge in [0.15, 0.2) is 0 Å². The van der Waals surface area contributed by atoms with Crippen LogP contribution in [-0.4, -0.2) is 81.8 Å². The molecule has 0 aliphatic rings. The Labute approximate surface area is 238 Å². The van der Waals surface area contributed by atoms with E-state index in [4.69, 9.17) is 26.6 Å². The summed E-state index contributed by atoms with van der Waals surface area (Å²) < 4.78 is 34.9. The van der Waals surface area contributed by atoms with Crippen LogP contribution in [0, 0.1) is 5.92 Å². The van der Waals surface area contributed by atoms with Gasteiger partial charge in [0.25, 0.3) is 0 Å². The molecule has 0 rings (SSSR count). The van der Waals surface area contributed by atoms with Crippen molar-refractivity contribution in [3.8, 4) is 0 Å². The molecular formula is C28H62N2O6Si2. The number of nitrogens with zero attached hydrogens (tertiary/aromatic N) is 2. The Hall–Kier alpha value is -0.466. The summed E-state index contributed by atoms with van der Waals surface area (Å²) in [5.41, 5.74) is 2.43. The number of hydrogen-bond acceptors (Lipinski definition) is 8. The zero-order valence-electron chi connectivity index (χ0n) is 26.8. The predicted octanol–water partition coefficient (Wildman–Crippen LogP) is 7.23. The zero-order chi connectivity index (χ0) is 29.3. The second-order valence-corrected chi connectivity index (χ2v) is 14.8. The molecule has 0 N–H and O–H groups in total. The third-order valence-corrected chi connectivity index (χ3v) is 11.7. The molecule has 0 bridgehead atoms. The lowest BCUT2D eigenvalue weighted by molar-refractivity contribution is 0.0702. The minimum Gasteiger partial charge on any atom is -0.374 e. The SMILES string of the molecule is CCO[Si](CCCN=C(C)CC(C)C)(OCC)OCC.CCO[Si](CCCN=C(C)CC)(OCC)OCC. The summed E-state index contributed by atoms with van der Waals surface area (Å²) >= 11 is 0. The van der Waals surface area contributed by atoms with Crippen LogP contribution in [0.3, 0.4) is 0 Å². The van der Waals surface area contributed by atoms with Crippen LogP contribution < -0.4 is 0 Å². The van der Waals surface area contributed by atoms with Gasteiger partial charge in [0.05, 0.1) is 0 Å². The molecule has 0 unspecified atom stereocenters. The van der Waals surface area contributed by atoms with Gasteiger partial charge in [-0.2, -0.15) is 0 Å². The average molecular weight is 579 g/mol. The molecule has 0 aromatic heterocycles. The van der Waals surface area contributed by atoms with Crippen molar-refractivity contribution in [2.75, 3.05) is 52.7 Å². The molecule has 0 aliphatic carbocycles. The van der Waals surface area contributed by atoms with E-state index in [1.807, 2.05) is 41.5 Å². The van der Waals surface area contributed by atoms with Crippen molar-refractivity contribution < 1.29 is 26.6 Å². The molecule has 0 aromatic rings. The molecule has 0 saturated carbocycles. The van der Waals surface area contributed by atoms with E-state index in [1.54, 1.807) is 0 Å². The Morgan fingerprint density at radius 2 is 0.868 bits per heavy atom. The Morgan fingerprint density at radius 1 is 0.553 bits per heavy atom. The van der Waals surface area contributed by atoms with Gasteiger partial charge in [-0.3, -0.25) is 9.98 Å². The lowest BCUT2D eigenvalue weighted by Crippen LogP contribution is -2.46. The van der Waals surface area contributed by atoms with Crippen LogP contribution in [0.5, 0.6) is 0 Å². The van der Waals surface area contributed by atoms with Gasteiger partial charge in [0, 0.05) is 76.2 Å². The summed E-state index contributed by atoms with van der Waals surface area (Å²) in [6, 6.07) is 1.70. The first kappa shape index (κ1) is 39.7. The molecule has 0 aliphatic heterocycles. The number of hydrogen-bond donors (Lipinski definition) is 0. The molecule has 0 heterocycles. The minimum absolute atomic E-state index is 0.641. The summed E-state index contributed by atoms with van der Waals surface area (Å²) in [5.74, 6) is 0.669. The normalized spacial score (nSPS) is 13.2. The highest BCUT2D eigenvalue weighted by molar-refractivity contribution is 6.61. The molecule has 0 amide bonds. The Morgan fingerprint density at radius 3 is 1.13 bits per heavy atom. The van der Waals surface area contributed by atoms with Gasteiger partial charge in [-0.1, -0.05) is 20.8 Å². The van der Waals surface area contributed by atoms with Crippen LogP contribution in [0.1, 0.15) is 102 Å². The predicted molar refractivity (Wildman–Crippen MR) is 166 cm³/mol. The van der Waals surface area contributed by atoms with E-state index in [0.29, 0.717) is 45.6 Å². The summed E-state index contributed by atoms with van der Waals surface area (Å²) in [7, 11) is -4.92. The van der Waals surface area contributed by atoms with Crippen LogP contribution in [0.25, 0.3) is 0 Å². The van der Waals surface area contributed by atoms with Crippen molar-refractivity contribution in [3.05, 3.63) is 0 Å². The molecular weight excluding hydrogens is 516 g/mol. The molecule has 228 valence electrons. The summed E-state index contributed by atoms with van der Waals surface area (Å²) in [6.45, 7) is 28.2. The molecule has 10 heteroatoms. The monoisotopic (exact) mass is 578 g/mol. The molecule has 38 heavy (non-hydrogen) atoms. The largest absolute Gasteiger partial charge is 0.500 e. The van der Waals surface area contributed by atoms with Crippen LogP contribution in [0.15, 0.2) is 9.98 Å². The van der Waals surface area contributed by atoms with Gasteiger partial charge in [0.2, 0.25) is 0 Å². The summed E-state index contributed by atoms with van der Waals surface area (Å²) in [5, 5.41) is 0. The highest BCUT2D eigenvalue weighted by Gasteiger charge is 2.40. The molecule has 0 saturated heterocycles. The first-order valence-electron chi connectivity index (χ1n) is 15.0. The molecule has 0 spiro atoms. The quantitative estimate of drug-likeness (QED) is 0.0723. The fraction of sp³-hybridized carbons (Fsp3) is 0.929. The first-order valence-corrected chi connectivity index (χ1v) is 18.8. The van der Waals surface area contributed by atoms with E-state index in [-0.39, 0.29) is 0 Å². The average Bonchev–Trinajstić information content (AvgIpc) is 2.85.